The molecule has 3 heterocycles. The molecule has 148 valence electrons. The maximum Gasteiger partial charge on any atom is 0.136 e. The normalized spacial score (nSPS) is 12.0. The highest BCUT2D eigenvalue weighted by Gasteiger charge is 2.13. The number of unbranched alkanes of at least 4 members (excludes halogenated alkanes) is 2. The third-order valence-corrected chi connectivity index (χ3v) is 8.19. The Bertz CT molecular complexity index is 1500. The predicted molar refractivity (Wildman–Crippen MR) is 133 cm³/mol. The number of thiophene rings is 2. The molecule has 0 aliphatic rings. The minimum absolute atomic E-state index is 0.982. The monoisotopic (exact) mass is 426 g/mol. The summed E-state index contributed by atoms with van der Waals surface area (Å²) in [7, 11) is 0. The van der Waals surface area contributed by atoms with E-state index in [1.807, 2.05) is 22.7 Å². The van der Waals surface area contributed by atoms with Crippen LogP contribution in [-0.2, 0) is 6.42 Å². The molecule has 0 fully saturated rings. The van der Waals surface area contributed by atoms with Gasteiger partial charge in [0.15, 0.2) is 0 Å². The van der Waals surface area contributed by atoms with Gasteiger partial charge in [-0.3, -0.25) is 0 Å². The van der Waals surface area contributed by atoms with Crippen LogP contribution in [0.25, 0.3) is 52.6 Å². The van der Waals surface area contributed by atoms with E-state index in [0.29, 0.717) is 0 Å². The fourth-order valence-electron chi connectivity index (χ4n) is 4.31. The summed E-state index contributed by atoms with van der Waals surface area (Å²) < 4.78 is 8.98. The van der Waals surface area contributed by atoms with Gasteiger partial charge in [0.05, 0.1) is 0 Å². The van der Waals surface area contributed by atoms with Gasteiger partial charge in [-0.05, 0) is 65.6 Å². The topological polar surface area (TPSA) is 13.1 Å². The Morgan fingerprint density at radius 2 is 1.43 bits per heavy atom. The molecule has 0 atom stereocenters. The van der Waals surface area contributed by atoms with Crippen LogP contribution in [0.3, 0.4) is 0 Å². The van der Waals surface area contributed by atoms with Crippen molar-refractivity contribution in [3.8, 4) is 10.4 Å². The maximum atomic E-state index is 6.30. The van der Waals surface area contributed by atoms with Crippen LogP contribution in [0, 0.1) is 0 Å². The maximum absolute atomic E-state index is 6.30. The molecule has 3 heteroatoms. The number of hydrogen-bond donors (Lipinski definition) is 0. The summed E-state index contributed by atoms with van der Waals surface area (Å²) >= 11 is 3.80. The molecule has 0 unspecified atom stereocenters. The van der Waals surface area contributed by atoms with Crippen LogP contribution in [0.4, 0.5) is 0 Å². The Kier molecular flexibility index (Phi) is 4.40. The van der Waals surface area contributed by atoms with E-state index in [9.17, 15) is 0 Å². The molecule has 0 aliphatic heterocycles. The Morgan fingerprint density at radius 1 is 0.733 bits per heavy atom. The lowest BCUT2D eigenvalue weighted by Crippen LogP contribution is -1.78. The molecule has 0 N–H and O–H groups in total. The van der Waals surface area contributed by atoms with Gasteiger partial charge in [0.1, 0.15) is 11.2 Å². The van der Waals surface area contributed by atoms with Crippen molar-refractivity contribution < 1.29 is 4.42 Å². The third kappa shape index (κ3) is 3.05. The quantitative estimate of drug-likeness (QED) is 0.250. The van der Waals surface area contributed by atoms with Gasteiger partial charge in [-0.25, -0.2) is 0 Å². The lowest BCUT2D eigenvalue weighted by molar-refractivity contribution is 0.670. The number of fused-ring (bicyclic) bond motifs is 5. The zero-order valence-corrected chi connectivity index (χ0v) is 18.5. The highest BCUT2D eigenvalue weighted by molar-refractivity contribution is 7.22. The molecule has 0 saturated heterocycles. The fraction of sp³-hybridized carbons (Fsp3) is 0.185. The largest absolute Gasteiger partial charge is 0.456 e. The van der Waals surface area contributed by atoms with Crippen LogP contribution in [-0.4, -0.2) is 0 Å². The molecule has 0 bridgehead atoms. The van der Waals surface area contributed by atoms with E-state index in [2.05, 4.69) is 73.7 Å². The first-order valence-electron chi connectivity index (χ1n) is 10.7. The Hall–Kier alpha value is -2.62. The van der Waals surface area contributed by atoms with E-state index in [1.54, 1.807) is 0 Å². The van der Waals surface area contributed by atoms with E-state index in [4.69, 9.17) is 4.42 Å². The number of furan rings is 1. The summed E-state index contributed by atoms with van der Waals surface area (Å²) in [6, 6.07) is 24.3. The minimum Gasteiger partial charge on any atom is -0.456 e. The molecular formula is C27H22OS2. The van der Waals surface area contributed by atoms with Crippen LogP contribution >= 0.6 is 22.7 Å². The number of rotatable bonds is 5. The zero-order chi connectivity index (χ0) is 20.1. The number of aryl methyl sites for hydroxylation is 1. The van der Waals surface area contributed by atoms with Crippen molar-refractivity contribution in [2.75, 3.05) is 0 Å². The van der Waals surface area contributed by atoms with E-state index in [0.717, 1.165) is 11.2 Å². The molecular weight excluding hydrogens is 404 g/mol. The molecule has 0 aliphatic carbocycles. The highest BCUT2D eigenvalue weighted by atomic mass is 32.1. The lowest BCUT2D eigenvalue weighted by Gasteiger charge is -1.94. The standard InChI is InChI=1S/C27H22OS2/c1-2-3-5-10-20-11-18-12-23-21(15-26(18)29-20)22-16-27-19(13-24(22)28-23)14-25(30-27)17-8-6-4-7-9-17/h4,6-9,11-16H,2-3,5,10H2,1H3. The van der Waals surface area contributed by atoms with Gasteiger partial charge in [-0.2, -0.15) is 0 Å². The number of benzene rings is 3. The van der Waals surface area contributed by atoms with Crippen LogP contribution in [0.15, 0.2) is 71.1 Å². The molecule has 0 amide bonds. The van der Waals surface area contributed by atoms with Gasteiger partial charge in [0.2, 0.25) is 0 Å². The van der Waals surface area contributed by atoms with Crippen molar-refractivity contribution in [2.24, 2.45) is 0 Å². The van der Waals surface area contributed by atoms with Crippen LogP contribution in [0.2, 0.25) is 0 Å². The Labute approximate surface area is 183 Å². The van der Waals surface area contributed by atoms with Crippen molar-refractivity contribution >= 4 is 64.8 Å². The Balaban J connectivity index is 1.47. The van der Waals surface area contributed by atoms with Gasteiger partial charge in [-0.1, -0.05) is 50.1 Å². The molecule has 0 spiro atoms. The van der Waals surface area contributed by atoms with Crippen molar-refractivity contribution in [3.05, 3.63) is 71.6 Å². The first-order chi connectivity index (χ1) is 14.8. The SMILES string of the molecule is CCCCCc1cc2cc3oc4cc5cc(-c6ccccc6)sc5cc4c3cc2s1. The molecule has 0 radical (unpaired) electrons. The van der Waals surface area contributed by atoms with Crippen molar-refractivity contribution in [1.82, 2.24) is 0 Å². The van der Waals surface area contributed by atoms with Crippen molar-refractivity contribution in [1.29, 1.82) is 0 Å². The van der Waals surface area contributed by atoms with Gasteiger partial charge in [-0.15, -0.1) is 22.7 Å². The number of hydrogen-bond acceptors (Lipinski definition) is 3. The van der Waals surface area contributed by atoms with Crippen LogP contribution < -0.4 is 0 Å². The first-order valence-corrected chi connectivity index (χ1v) is 12.3. The van der Waals surface area contributed by atoms with Crippen LogP contribution in [0.1, 0.15) is 31.1 Å². The zero-order valence-electron chi connectivity index (χ0n) is 16.9. The summed E-state index contributed by atoms with van der Waals surface area (Å²) in [5, 5.41) is 5.02. The summed E-state index contributed by atoms with van der Waals surface area (Å²) in [5.74, 6) is 0. The van der Waals surface area contributed by atoms with E-state index < -0.39 is 0 Å². The molecule has 30 heavy (non-hydrogen) atoms. The van der Waals surface area contributed by atoms with Gasteiger partial charge >= 0.3 is 0 Å². The summed E-state index contributed by atoms with van der Waals surface area (Å²) in [6.07, 6.45) is 5.05. The molecule has 6 aromatic rings. The third-order valence-electron chi connectivity index (χ3n) is 5.88. The van der Waals surface area contributed by atoms with Crippen molar-refractivity contribution in [3.63, 3.8) is 0 Å². The first kappa shape index (κ1) is 18.2. The van der Waals surface area contributed by atoms with E-state index in [1.165, 1.54) is 71.9 Å². The Morgan fingerprint density at radius 3 is 2.17 bits per heavy atom. The molecule has 3 aromatic carbocycles. The van der Waals surface area contributed by atoms with E-state index >= 15 is 0 Å². The minimum atomic E-state index is 0.982. The average Bonchev–Trinajstić information content (AvgIpc) is 3.45. The van der Waals surface area contributed by atoms with Crippen molar-refractivity contribution in [2.45, 2.75) is 32.6 Å². The summed E-state index contributed by atoms with van der Waals surface area (Å²) in [4.78, 5) is 2.79. The van der Waals surface area contributed by atoms with Crippen LogP contribution in [0.5, 0.6) is 0 Å². The summed E-state index contributed by atoms with van der Waals surface area (Å²) in [5.41, 5.74) is 3.25. The second-order valence-electron chi connectivity index (χ2n) is 8.02. The summed E-state index contributed by atoms with van der Waals surface area (Å²) in [6.45, 7) is 2.26. The average molecular weight is 427 g/mol. The smallest absolute Gasteiger partial charge is 0.136 e. The van der Waals surface area contributed by atoms with E-state index in [-0.39, 0.29) is 0 Å². The molecule has 3 aromatic heterocycles. The molecule has 0 saturated carbocycles. The van der Waals surface area contributed by atoms with Gasteiger partial charge < -0.3 is 4.42 Å². The molecule has 1 nitrogen and oxygen atoms in total. The van der Waals surface area contributed by atoms with Gasteiger partial charge in [0.25, 0.3) is 0 Å². The highest BCUT2D eigenvalue weighted by Crippen LogP contribution is 2.40. The second-order valence-corrected chi connectivity index (χ2v) is 10.3. The second kappa shape index (κ2) is 7.26. The fourth-order valence-corrected chi connectivity index (χ4v) is 6.53. The lowest BCUT2D eigenvalue weighted by atomic mass is 10.1. The predicted octanol–water partition coefficient (Wildman–Crippen LogP) is 9.42. The molecule has 6 rings (SSSR count). The van der Waals surface area contributed by atoms with Gasteiger partial charge in [0, 0.05) is 29.9 Å².